The maximum atomic E-state index is 10.1. The molecule has 2 atom stereocenters. The lowest BCUT2D eigenvalue weighted by Gasteiger charge is -2.19. The lowest BCUT2D eigenvalue weighted by molar-refractivity contribution is 0.154. The number of rotatable bonds is 8. The van der Waals surface area contributed by atoms with Crippen LogP contribution < -0.4 is 10.6 Å². The van der Waals surface area contributed by atoms with Crippen molar-refractivity contribution in [1.82, 2.24) is 35.3 Å². The number of fused-ring (bicyclic) bond motifs is 2. The number of nitrogens with zero attached hydrogens (tertiary/aromatic N) is 7. The first-order chi connectivity index (χ1) is 17.1. The Bertz CT molecular complexity index is 1430. The highest BCUT2D eigenvalue weighted by Gasteiger charge is 2.25. The van der Waals surface area contributed by atoms with Gasteiger partial charge in [0.1, 0.15) is 5.82 Å². The monoisotopic (exact) mass is 469 g/mol. The number of aliphatic hydroxyl groups is 1. The van der Waals surface area contributed by atoms with Crippen LogP contribution in [0, 0.1) is 0 Å². The van der Waals surface area contributed by atoms with E-state index >= 15 is 0 Å². The second-order valence-corrected chi connectivity index (χ2v) is 8.49. The second-order valence-electron chi connectivity index (χ2n) is 8.49. The Hall–Kier alpha value is -4.18. The molecule has 3 aromatic heterocycles. The molecule has 1 aliphatic carbocycles. The van der Waals surface area contributed by atoms with Gasteiger partial charge in [0.05, 0.1) is 30.4 Å². The number of hydrogen-bond donors (Lipinski definition) is 3. The van der Waals surface area contributed by atoms with Gasteiger partial charge in [-0.2, -0.15) is 0 Å². The van der Waals surface area contributed by atoms with Crippen molar-refractivity contribution in [2.45, 2.75) is 44.9 Å². The molecule has 0 spiro atoms. The highest BCUT2D eigenvalue weighted by molar-refractivity contribution is 5.79. The molecular formula is C25H27N9O. The number of aliphatic imine (C=N–C) groups is 1. The van der Waals surface area contributed by atoms with Crippen LogP contribution in [-0.4, -0.2) is 53.9 Å². The summed E-state index contributed by atoms with van der Waals surface area (Å²) in [5.74, 6) is 1.01. The van der Waals surface area contributed by atoms with Gasteiger partial charge in [-0.05, 0) is 56.7 Å². The van der Waals surface area contributed by atoms with Crippen molar-refractivity contribution >= 4 is 34.7 Å². The predicted molar refractivity (Wildman–Crippen MR) is 136 cm³/mol. The Balaban J connectivity index is 1.36. The Kier molecular flexibility index (Phi) is 6.44. The fourth-order valence-corrected chi connectivity index (χ4v) is 4.25. The van der Waals surface area contributed by atoms with Crippen LogP contribution in [0.5, 0.6) is 0 Å². The first-order valence-corrected chi connectivity index (χ1v) is 11.6. The van der Waals surface area contributed by atoms with Gasteiger partial charge in [-0.25, -0.2) is 19.6 Å². The van der Waals surface area contributed by atoms with Crippen molar-refractivity contribution in [2.75, 3.05) is 5.32 Å². The van der Waals surface area contributed by atoms with Gasteiger partial charge in [-0.3, -0.25) is 4.98 Å². The zero-order valence-electron chi connectivity index (χ0n) is 19.5. The SMILES string of the molecule is C=N/C(=C\C(=C/C)N[C@@H]1CCC[C@H]1O)Nc1cnc2nnn(Cc3ccc4ncccc4c3)c2n1. The topological polar surface area (TPSA) is 126 Å². The van der Waals surface area contributed by atoms with E-state index in [1.165, 1.54) is 0 Å². The molecule has 0 aliphatic heterocycles. The van der Waals surface area contributed by atoms with Crippen molar-refractivity contribution < 1.29 is 5.11 Å². The molecule has 0 saturated heterocycles. The van der Waals surface area contributed by atoms with Crippen LogP contribution in [-0.2, 0) is 6.54 Å². The average Bonchev–Trinajstić information content (AvgIpc) is 3.48. The second kappa shape index (κ2) is 9.98. The van der Waals surface area contributed by atoms with Gasteiger partial charge < -0.3 is 15.7 Å². The summed E-state index contributed by atoms with van der Waals surface area (Å²) in [6, 6.07) is 10.1. The van der Waals surface area contributed by atoms with Crippen LogP contribution in [0.3, 0.4) is 0 Å². The Morgan fingerprint density at radius 2 is 2.20 bits per heavy atom. The zero-order chi connectivity index (χ0) is 24.2. The molecule has 4 aromatic rings. The van der Waals surface area contributed by atoms with Crippen LogP contribution in [0.4, 0.5) is 5.82 Å². The van der Waals surface area contributed by atoms with Gasteiger partial charge in [-0.15, -0.1) is 5.10 Å². The highest BCUT2D eigenvalue weighted by atomic mass is 16.3. The number of allylic oxidation sites excluding steroid dienone is 2. The Labute approximate surface area is 202 Å². The first-order valence-electron chi connectivity index (χ1n) is 11.6. The minimum atomic E-state index is -0.341. The first kappa shape index (κ1) is 22.6. The maximum absolute atomic E-state index is 10.1. The van der Waals surface area contributed by atoms with Gasteiger partial charge in [0, 0.05) is 23.4 Å². The lowest BCUT2D eigenvalue weighted by Crippen LogP contribution is -2.34. The van der Waals surface area contributed by atoms with Gasteiger partial charge in [0.25, 0.3) is 0 Å². The summed E-state index contributed by atoms with van der Waals surface area (Å²) in [5, 5.41) is 26.1. The van der Waals surface area contributed by atoms with Crippen LogP contribution in [0.25, 0.3) is 22.2 Å². The van der Waals surface area contributed by atoms with Crippen LogP contribution in [0.1, 0.15) is 31.7 Å². The molecule has 1 aromatic carbocycles. The van der Waals surface area contributed by atoms with Crippen LogP contribution in [0.15, 0.2) is 71.4 Å². The minimum Gasteiger partial charge on any atom is -0.391 e. The molecule has 3 heterocycles. The zero-order valence-corrected chi connectivity index (χ0v) is 19.5. The quantitative estimate of drug-likeness (QED) is 0.265. The largest absolute Gasteiger partial charge is 0.391 e. The van der Waals surface area contributed by atoms with E-state index in [4.69, 9.17) is 0 Å². The third kappa shape index (κ3) is 5.02. The Morgan fingerprint density at radius 3 is 3.00 bits per heavy atom. The molecule has 178 valence electrons. The molecule has 0 bridgehead atoms. The van der Waals surface area contributed by atoms with Crippen molar-refractivity contribution in [2.24, 2.45) is 4.99 Å². The van der Waals surface area contributed by atoms with E-state index < -0.39 is 0 Å². The van der Waals surface area contributed by atoms with Crippen LogP contribution >= 0.6 is 0 Å². The van der Waals surface area contributed by atoms with Crippen molar-refractivity contribution in [3.05, 3.63) is 72.0 Å². The summed E-state index contributed by atoms with van der Waals surface area (Å²) in [4.78, 5) is 17.5. The summed E-state index contributed by atoms with van der Waals surface area (Å²) >= 11 is 0. The smallest absolute Gasteiger partial charge is 0.221 e. The fraction of sp³-hybridized carbons (Fsp3) is 0.280. The lowest BCUT2D eigenvalue weighted by atomic mass is 10.1. The predicted octanol–water partition coefficient (Wildman–Crippen LogP) is 3.18. The number of nitrogens with one attached hydrogen (secondary N) is 2. The minimum absolute atomic E-state index is 0.0333. The molecule has 10 heteroatoms. The van der Waals surface area contributed by atoms with Crippen molar-refractivity contribution in [3.63, 3.8) is 0 Å². The molecule has 1 fully saturated rings. The Morgan fingerprint density at radius 1 is 1.29 bits per heavy atom. The fourth-order valence-electron chi connectivity index (χ4n) is 4.25. The van der Waals surface area contributed by atoms with E-state index in [0.29, 0.717) is 29.5 Å². The summed E-state index contributed by atoms with van der Waals surface area (Å²) in [5.41, 5.74) is 3.87. The summed E-state index contributed by atoms with van der Waals surface area (Å²) in [6.07, 6.45) is 9.56. The number of pyridine rings is 1. The maximum Gasteiger partial charge on any atom is 0.221 e. The van der Waals surface area contributed by atoms with E-state index in [0.717, 1.165) is 41.4 Å². The molecule has 0 radical (unpaired) electrons. The van der Waals surface area contributed by atoms with Gasteiger partial charge >= 0.3 is 0 Å². The molecule has 3 N–H and O–H groups in total. The highest BCUT2D eigenvalue weighted by Crippen LogP contribution is 2.21. The van der Waals surface area contributed by atoms with Crippen LogP contribution in [0.2, 0.25) is 0 Å². The summed E-state index contributed by atoms with van der Waals surface area (Å²) in [6.45, 7) is 6.10. The van der Waals surface area contributed by atoms with Gasteiger partial charge in [0.15, 0.2) is 11.5 Å². The number of benzene rings is 1. The van der Waals surface area contributed by atoms with E-state index in [-0.39, 0.29) is 12.1 Å². The van der Waals surface area contributed by atoms with E-state index in [9.17, 15) is 5.11 Å². The average molecular weight is 470 g/mol. The van der Waals surface area contributed by atoms with Gasteiger partial charge in [0.2, 0.25) is 5.65 Å². The van der Waals surface area contributed by atoms with E-state index in [1.54, 1.807) is 17.1 Å². The van der Waals surface area contributed by atoms with E-state index in [1.807, 2.05) is 43.3 Å². The van der Waals surface area contributed by atoms with Crippen molar-refractivity contribution in [1.29, 1.82) is 0 Å². The molecule has 5 rings (SSSR count). The third-order valence-corrected chi connectivity index (χ3v) is 6.09. The van der Waals surface area contributed by atoms with E-state index in [2.05, 4.69) is 53.7 Å². The number of aliphatic hydroxyl groups excluding tert-OH is 1. The molecule has 1 aliphatic rings. The number of hydrogen-bond acceptors (Lipinski definition) is 9. The number of aromatic nitrogens is 6. The molecular weight excluding hydrogens is 442 g/mol. The standard InChI is InChI=1S/C25H27N9O/c1-3-18(29-20-7-4-8-21(20)35)13-22(26-2)30-23-14-28-24-25(31-23)34(33-32-24)15-16-9-10-19-17(12-16)6-5-11-27-19/h3,5-6,9-14,20-21,29,35H,2,4,7-8,15H2,1H3,(H,30,31)/b18-3+,22-13+/t20-,21-/m1/s1. The normalized spacial score (nSPS) is 18.8. The molecule has 10 nitrogen and oxygen atoms in total. The molecule has 35 heavy (non-hydrogen) atoms. The third-order valence-electron chi connectivity index (χ3n) is 6.09. The van der Waals surface area contributed by atoms with Gasteiger partial charge in [-0.1, -0.05) is 23.4 Å². The number of anilines is 1. The molecule has 0 amide bonds. The molecule has 1 saturated carbocycles. The summed E-state index contributed by atoms with van der Waals surface area (Å²) in [7, 11) is 0. The summed E-state index contributed by atoms with van der Waals surface area (Å²) < 4.78 is 1.72. The molecule has 0 unspecified atom stereocenters. The van der Waals surface area contributed by atoms with Crippen molar-refractivity contribution in [3.8, 4) is 0 Å².